The van der Waals surface area contributed by atoms with E-state index in [1.165, 1.54) is 0 Å². The molecule has 1 aliphatic heterocycles. The Balaban J connectivity index is 2.26. The molecule has 21 heavy (non-hydrogen) atoms. The Kier molecular flexibility index (Phi) is 4.42. The molecule has 0 radical (unpaired) electrons. The number of nitrogen functional groups attached to an aromatic ring is 1. The van der Waals surface area contributed by atoms with Crippen molar-refractivity contribution in [1.29, 1.82) is 0 Å². The maximum Gasteiger partial charge on any atom is 0.408 e. The predicted octanol–water partition coefficient (Wildman–Crippen LogP) is 2.80. The summed E-state index contributed by atoms with van der Waals surface area (Å²) in [5, 5.41) is 3.02. The van der Waals surface area contributed by atoms with Crippen molar-refractivity contribution in [3.63, 3.8) is 0 Å². The van der Waals surface area contributed by atoms with Gasteiger partial charge in [0, 0.05) is 24.5 Å². The fourth-order valence-corrected chi connectivity index (χ4v) is 2.61. The van der Waals surface area contributed by atoms with Gasteiger partial charge in [0.15, 0.2) is 0 Å². The minimum absolute atomic E-state index is 0.423. The van der Waals surface area contributed by atoms with E-state index in [-0.39, 0.29) is 0 Å². The van der Waals surface area contributed by atoms with Crippen LogP contribution >= 0.6 is 0 Å². The Hall–Kier alpha value is -1.75. The van der Waals surface area contributed by atoms with Gasteiger partial charge < -0.3 is 20.5 Å². The fraction of sp³-hybridized carbons (Fsp3) is 0.562. The molecule has 0 bridgehead atoms. The second kappa shape index (κ2) is 5.93. The third kappa shape index (κ3) is 3.88. The molecule has 1 aromatic carbocycles. The van der Waals surface area contributed by atoms with Crippen LogP contribution in [0.1, 0.15) is 39.2 Å². The van der Waals surface area contributed by atoms with Gasteiger partial charge in [-0.2, -0.15) is 0 Å². The highest BCUT2D eigenvalue weighted by molar-refractivity contribution is 5.70. The Morgan fingerprint density at radius 2 is 1.90 bits per heavy atom. The van der Waals surface area contributed by atoms with E-state index in [9.17, 15) is 4.79 Å². The predicted molar refractivity (Wildman–Crippen MR) is 82.0 cm³/mol. The van der Waals surface area contributed by atoms with E-state index < -0.39 is 17.2 Å². The number of para-hydroxylation sites is 1. The zero-order valence-corrected chi connectivity index (χ0v) is 12.9. The summed E-state index contributed by atoms with van der Waals surface area (Å²) >= 11 is 0. The molecule has 0 spiro atoms. The smallest absolute Gasteiger partial charge is 0.408 e. The van der Waals surface area contributed by atoms with Crippen molar-refractivity contribution >= 4 is 11.8 Å². The van der Waals surface area contributed by atoms with Gasteiger partial charge in [0.25, 0.3) is 0 Å². The summed E-state index contributed by atoms with van der Waals surface area (Å²) in [5.41, 5.74) is 6.66. The molecule has 5 heteroatoms. The summed E-state index contributed by atoms with van der Waals surface area (Å²) in [6.07, 6.45) is 0.939. The molecule has 0 unspecified atom stereocenters. The first kappa shape index (κ1) is 15.6. The van der Waals surface area contributed by atoms with Gasteiger partial charge in [-0.25, -0.2) is 4.79 Å². The third-order valence-electron chi connectivity index (χ3n) is 3.56. The molecule has 0 aromatic heterocycles. The van der Waals surface area contributed by atoms with Gasteiger partial charge in [0.2, 0.25) is 0 Å². The van der Waals surface area contributed by atoms with E-state index in [1.54, 1.807) is 0 Å². The molecule has 0 atom stereocenters. The minimum Gasteiger partial charge on any atom is -0.444 e. The number of nitrogens with two attached hydrogens (primary N) is 1. The van der Waals surface area contributed by atoms with Crippen molar-refractivity contribution in [2.45, 2.75) is 44.8 Å². The maximum absolute atomic E-state index is 12.2. The summed E-state index contributed by atoms with van der Waals surface area (Å²) in [5.74, 6) is 0. The number of ether oxygens (including phenoxy) is 2. The third-order valence-corrected chi connectivity index (χ3v) is 3.56. The van der Waals surface area contributed by atoms with Crippen LogP contribution in [-0.2, 0) is 15.0 Å². The second-order valence-electron chi connectivity index (χ2n) is 6.41. The number of nitrogens with one attached hydrogen (secondary N) is 1. The molecule has 1 fully saturated rings. The van der Waals surface area contributed by atoms with Crippen molar-refractivity contribution < 1.29 is 14.3 Å². The molecule has 1 aliphatic rings. The van der Waals surface area contributed by atoms with Crippen LogP contribution in [0, 0.1) is 0 Å². The van der Waals surface area contributed by atoms with Crippen LogP contribution in [-0.4, -0.2) is 24.9 Å². The van der Waals surface area contributed by atoms with E-state index >= 15 is 0 Å². The number of hydrogen-bond acceptors (Lipinski definition) is 4. The molecule has 5 nitrogen and oxygen atoms in total. The van der Waals surface area contributed by atoms with Gasteiger partial charge >= 0.3 is 6.09 Å². The average molecular weight is 292 g/mol. The van der Waals surface area contributed by atoms with Crippen LogP contribution in [0.25, 0.3) is 0 Å². The van der Waals surface area contributed by atoms with Gasteiger partial charge in [0.05, 0.1) is 5.54 Å². The zero-order valence-electron chi connectivity index (χ0n) is 12.9. The van der Waals surface area contributed by atoms with E-state index in [0.29, 0.717) is 31.7 Å². The molecule has 2 rings (SSSR count). The summed E-state index contributed by atoms with van der Waals surface area (Å²) < 4.78 is 10.8. The standard InChI is InChI=1S/C16H24N2O3/c1-15(2,3)21-14(19)18-16(8-10-20-11-9-16)12-6-4-5-7-13(12)17/h4-7H,8-11,17H2,1-3H3,(H,18,19). The quantitative estimate of drug-likeness (QED) is 0.822. The van der Waals surface area contributed by atoms with Gasteiger partial charge in [-0.15, -0.1) is 0 Å². The highest BCUT2D eigenvalue weighted by Gasteiger charge is 2.38. The molecule has 116 valence electrons. The summed E-state index contributed by atoms with van der Waals surface area (Å²) in [7, 11) is 0. The topological polar surface area (TPSA) is 73.6 Å². The Morgan fingerprint density at radius 1 is 1.29 bits per heavy atom. The summed E-state index contributed by atoms with van der Waals surface area (Å²) in [6.45, 7) is 6.72. The van der Waals surface area contributed by atoms with Crippen LogP contribution in [0.4, 0.5) is 10.5 Å². The van der Waals surface area contributed by atoms with Crippen LogP contribution in [0.2, 0.25) is 0 Å². The van der Waals surface area contributed by atoms with Crippen LogP contribution in [0.5, 0.6) is 0 Å². The SMILES string of the molecule is CC(C)(C)OC(=O)NC1(c2ccccc2N)CCOCC1. The number of carbonyl (C=O) groups is 1. The monoisotopic (exact) mass is 292 g/mol. The molecule has 1 heterocycles. The van der Waals surface area contributed by atoms with Crippen molar-refractivity contribution in [3.8, 4) is 0 Å². The van der Waals surface area contributed by atoms with E-state index in [2.05, 4.69) is 5.32 Å². The normalized spacial score (nSPS) is 18.0. The number of alkyl carbamates (subject to hydrolysis) is 1. The first-order chi connectivity index (χ1) is 9.82. The molecular formula is C16H24N2O3. The van der Waals surface area contributed by atoms with E-state index in [0.717, 1.165) is 5.56 Å². The second-order valence-corrected chi connectivity index (χ2v) is 6.41. The Morgan fingerprint density at radius 3 is 2.48 bits per heavy atom. The lowest BCUT2D eigenvalue weighted by molar-refractivity contribution is 0.0159. The molecule has 1 aromatic rings. The first-order valence-electron chi connectivity index (χ1n) is 7.26. The van der Waals surface area contributed by atoms with Crippen LogP contribution in [0.15, 0.2) is 24.3 Å². The molecule has 0 saturated carbocycles. The average Bonchev–Trinajstić information content (AvgIpc) is 2.37. The number of amides is 1. The lowest BCUT2D eigenvalue weighted by atomic mass is 9.82. The number of benzene rings is 1. The van der Waals surface area contributed by atoms with Crippen molar-refractivity contribution in [2.75, 3.05) is 18.9 Å². The summed E-state index contributed by atoms with van der Waals surface area (Å²) in [6, 6.07) is 7.63. The largest absolute Gasteiger partial charge is 0.444 e. The van der Waals surface area contributed by atoms with Crippen molar-refractivity contribution in [3.05, 3.63) is 29.8 Å². The Labute approximate surface area is 125 Å². The first-order valence-corrected chi connectivity index (χ1v) is 7.26. The van der Waals surface area contributed by atoms with Crippen LogP contribution < -0.4 is 11.1 Å². The maximum atomic E-state index is 12.2. The number of hydrogen-bond donors (Lipinski definition) is 2. The summed E-state index contributed by atoms with van der Waals surface area (Å²) in [4.78, 5) is 12.2. The lowest BCUT2D eigenvalue weighted by Crippen LogP contribution is -2.51. The van der Waals surface area contributed by atoms with Gasteiger partial charge in [-0.3, -0.25) is 0 Å². The zero-order chi connectivity index (χ0) is 15.5. The molecule has 0 aliphatic carbocycles. The van der Waals surface area contributed by atoms with Crippen molar-refractivity contribution in [1.82, 2.24) is 5.32 Å². The molecule has 1 saturated heterocycles. The van der Waals surface area contributed by atoms with E-state index in [1.807, 2.05) is 45.0 Å². The highest BCUT2D eigenvalue weighted by atomic mass is 16.6. The van der Waals surface area contributed by atoms with E-state index in [4.69, 9.17) is 15.2 Å². The van der Waals surface area contributed by atoms with Gasteiger partial charge in [-0.05, 0) is 39.7 Å². The fourth-order valence-electron chi connectivity index (χ4n) is 2.61. The highest BCUT2D eigenvalue weighted by Crippen LogP contribution is 2.35. The number of rotatable bonds is 2. The van der Waals surface area contributed by atoms with Crippen LogP contribution in [0.3, 0.4) is 0 Å². The molecular weight excluding hydrogens is 268 g/mol. The van der Waals surface area contributed by atoms with Gasteiger partial charge in [-0.1, -0.05) is 18.2 Å². The van der Waals surface area contributed by atoms with Crippen molar-refractivity contribution in [2.24, 2.45) is 0 Å². The van der Waals surface area contributed by atoms with Gasteiger partial charge in [0.1, 0.15) is 5.60 Å². The molecule has 1 amide bonds. The minimum atomic E-state index is -0.529. The lowest BCUT2D eigenvalue weighted by Gasteiger charge is -2.39. The number of carbonyl (C=O) groups excluding carboxylic acids is 1. The Bertz CT molecular complexity index is 502. The number of anilines is 1. The molecule has 3 N–H and O–H groups in total.